The van der Waals surface area contributed by atoms with Gasteiger partial charge in [-0.2, -0.15) is 0 Å². The van der Waals surface area contributed by atoms with Crippen LogP contribution in [0.4, 0.5) is 0 Å². The van der Waals surface area contributed by atoms with Gasteiger partial charge in [0.2, 0.25) is 0 Å². The van der Waals surface area contributed by atoms with Crippen molar-refractivity contribution in [3.05, 3.63) is 77.9 Å². The number of benzene rings is 3. The van der Waals surface area contributed by atoms with Gasteiger partial charge in [0.1, 0.15) is 5.75 Å². The first-order valence-electron chi connectivity index (χ1n) is 8.21. The highest BCUT2D eigenvalue weighted by molar-refractivity contribution is 5.98. The molecule has 1 N–H and O–H groups in total. The van der Waals surface area contributed by atoms with Gasteiger partial charge in [-0.3, -0.25) is 4.79 Å². The minimum atomic E-state index is -1.02. The van der Waals surface area contributed by atoms with Crippen molar-refractivity contribution in [2.45, 2.75) is 6.54 Å². The lowest BCUT2D eigenvalue weighted by Crippen LogP contribution is -2.26. The van der Waals surface area contributed by atoms with Gasteiger partial charge in [0.25, 0.3) is 5.91 Å². The summed E-state index contributed by atoms with van der Waals surface area (Å²) in [6.07, 6.45) is 0. The molecular weight excluding hydrogens is 330 g/mol. The van der Waals surface area contributed by atoms with Crippen LogP contribution in [0.1, 0.15) is 15.9 Å². The SMILES string of the molecule is CN(Cc1ccc(OCC(=O)O)cc1)C(=O)c1ccc2ccccc2c1. The van der Waals surface area contributed by atoms with Gasteiger partial charge in [0.05, 0.1) is 0 Å². The third kappa shape index (κ3) is 4.19. The van der Waals surface area contributed by atoms with Crippen molar-refractivity contribution >= 4 is 22.6 Å². The van der Waals surface area contributed by atoms with E-state index in [4.69, 9.17) is 9.84 Å². The summed E-state index contributed by atoms with van der Waals surface area (Å²) in [4.78, 5) is 24.8. The second kappa shape index (κ2) is 7.70. The fourth-order valence-corrected chi connectivity index (χ4v) is 2.72. The molecule has 0 radical (unpaired) electrons. The van der Waals surface area contributed by atoms with Crippen LogP contribution < -0.4 is 4.74 Å². The van der Waals surface area contributed by atoms with E-state index in [0.29, 0.717) is 17.9 Å². The van der Waals surface area contributed by atoms with Crippen molar-refractivity contribution < 1.29 is 19.4 Å². The maximum absolute atomic E-state index is 12.7. The van der Waals surface area contributed by atoms with E-state index in [0.717, 1.165) is 16.3 Å². The Bertz CT molecular complexity index is 934. The summed E-state index contributed by atoms with van der Waals surface area (Å²) in [5.41, 5.74) is 1.58. The zero-order chi connectivity index (χ0) is 18.5. The number of rotatable bonds is 6. The first kappa shape index (κ1) is 17.5. The van der Waals surface area contributed by atoms with Gasteiger partial charge in [-0.15, -0.1) is 0 Å². The van der Waals surface area contributed by atoms with Gasteiger partial charge in [0.15, 0.2) is 6.61 Å². The molecule has 3 rings (SSSR count). The summed E-state index contributed by atoms with van der Waals surface area (Å²) in [6, 6.07) is 20.7. The third-order valence-corrected chi connectivity index (χ3v) is 4.05. The Kier molecular flexibility index (Phi) is 5.17. The second-order valence-electron chi connectivity index (χ2n) is 6.05. The van der Waals surface area contributed by atoms with Crippen LogP contribution in [-0.2, 0) is 11.3 Å². The number of nitrogens with zero attached hydrogens (tertiary/aromatic N) is 1. The van der Waals surface area contributed by atoms with Gasteiger partial charge in [-0.1, -0.05) is 42.5 Å². The summed E-state index contributed by atoms with van der Waals surface area (Å²) >= 11 is 0. The lowest BCUT2D eigenvalue weighted by Gasteiger charge is -2.18. The van der Waals surface area contributed by atoms with Gasteiger partial charge in [-0.25, -0.2) is 4.79 Å². The van der Waals surface area contributed by atoms with Crippen molar-refractivity contribution in [2.24, 2.45) is 0 Å². The molecule has 26 heavy (non-hydrogen) atoms. The average Bonchev–Trinajstić information content (AvgIpc) is 2.66. The zero-order valence-electron chi connectivity index (χ0n) is 14.4. The van der Waals surface area contributed by atoms with Crippen LogP contribution in [0.3, 0.4) is 0 Å². The van der Waals surface area contributed by atoms with Gasteiger partial charge >= 0.3 is 5.97 Å². The average molecular weight is 349 g/mol. The van der Waals surface area contributed by atoms with Crippen LogP contribution in [0.15, 0.2) is 66.7 Å². The molecule has 3 aromatic carbocycles. The Morgan fingerprint density at radius 3 is 2.35 bits per heavy atom. The van der Waals surface area contributed by atoms with E-state index in [2.05, 4.69) is 0 Å². The topological polar surface area (TPSA) is 66.8 Å². The minimum absolute atomic E-state index is 0.0537. The molecule has 5 heteroatoms. The van der Waals surface area contributed by atoms with Crippen LogP contribution in [0.25, 0.3) is 10.8 Å². The number of carbonyl (C=O) groups excluding carboxylic acids is 1. The largest absolute Gasteiger partial charge is 0.482 e. The summed E-state index contributed by atoms with van der Waals surface area (Å²) in [5.74, 6) is -0.587. The third-order valence-electron chi connectivity index (χ3n) is 4.05. The lowest BCUT2D eigenvalue weighted by molar-refractivity contribution is -0.139. The maximum atomic E-state index is 12.7. The highest BCUT2D eigenvalue weighted by Gasteiger charge is 2.12. The molecule has 0 unspecified atom stereocenters. The van der Waals surface area contributed by atoms with Crippen LogP contribution in [0.5, 0.6) is 5.75 Å². The molecule has 0 saturated carbocycles. The summed E-state index contributed by atoms with van der Waals surface area (Å²) in [7, 11) is 1.76. The Morgan fingerprint density at radius 1 is 0.962 bits per heavy atom. The fraction of sp³-hybridized carbons (Fsp3) is 0.143. The summed E-state index contributed by atoms with van der Waals surface area (Å²) < 4.78 is 5.10. The van der Waals surface area contributed by atoms with Crippen molar-refractivity contribution in [2.75, 3.05) is 13.7 Å². The smallest absolute Gasteiger partial charge is 0.341 e. The van der Waals surface area contributed by atoms with E-state index < -0.39 is 5.97 Å². The first-order chi connectivity index (χ1) is 12.5. The van der Waals surface area contributed by atoms with Gasteiger partial charge in [0, 0.05) is 19.2 Å². The van der Waals surface area contributed by atoms with E-state index in [9.17, 15) is 9.59 Å². The monoisotopic (exact) mass is 349 g/mol. The fourth-order valence-electron chi connectivity index (χ4n) is 2.72. The molecule has 3 aromatic rings. The standard InChI is InChI=1S/C21H19NO4/c1-22(13-15-6-10-19(11-7-15)26-14-20(23)24)21(25)18-9-8-16-4-2-3-5-17(16)12-18/h2-12H,13-14H2,1H3,(H,23,24). The number of carboxylic acids is 1. The van der Waals surface area contributed by atoms with Crippen molar-refractivity contribution in [1.82, 2.24) is 4.90 Å². The number of carboxylic acid groups (broad SMARTS) is 1. The van der Waals surface area contributed by atoms with Crippen molar-refractivity contribution in [3.8, 4) is 5.75 Å². The molecule has 0 saturated heterocycles. The number of carbonyl (C=O) groups is 2. The lowest BCUT2D eigenvalue weighted by atomic mass is 10.1. The molecule has 0 aromatic heterocycles. The highest BCUT2D eigenvalue weighted by atomic mass is 16.5. The molecule has 0 heterocycles. The Morgan fingerprint density at radius 2 is 1.65 bits per heavy atom. The van der Waals surface area contributed by atoms with E-state index in [-0.39, 0.29) is 12.5 Å². The molecular formula is C21H19NO4. The highest BCUT2D eigenvalue weighted by Crippen LogP contribution is 2.18. The Balaban J connectivity index is 1.67. The van der Waals surface area contributed by atoms with E-state index in [1.807, 2.05) is 54.6 Å². The molecule has 0 bridgehead atoms. The number of amides is 1. The normalized spacial score (nSPS) is 10.5. The number of aliphatic carboxylic acids is 1. The molecule has 0 spiro atoms. The number of ether oxygens (including phenoxy) is 1. The maximum Gasteiger partial charge on any atom is 0.341 e. The van der Waals surface area contributed by atoms with Gasteiger partial charge in [-0.05, 0) is 40.6 Å². The van der Waals surface area contributed by atoms with Crippen molar-refractivity contribution in [1.29, 1.82) is 0 Å². The Hall–Kier alpha value is -3.34. The summed E-state index contributed by atoms with van der Waals surface area (Å²) in [5, 5.41) is 10.7. The predicted octanol–water partition coefficient (Wildman–Crippen LogP) is 3.58. The van der Waals surface area contributed by atoms with E-state index >= 15 is 0 Å². The predicted molar refractivity (Wildman–Crippen MR) is 99.3 cm³/mol. The number of hydrogen-bond donors (Lipinski definition) is 1. The van der Waals surface area contributed by atoms with Crippen LogP contribution in [-0.4, -0.2) is 35.5 Å². The van der Waals surface area contributed by atoms with E-state index in [1.165, 1.54) is 0 Å². The molecule has 0 aliphatic carbocycles. The first-order valence-corrected chi connectivity index (χ1v) is 8.21. The Labute approximate surface area is 151 Å². The molecule has 132 valence electrons. The summed E-state index contributed by atoms with van der Waals surface area (Å²) in [6.45, 7) is 0.0740. The number of hydrogen-bond acceptors (Lipinski definition) is 3. The zero-order valence-corrected chi connectivity index (χ0v) is 14.4. The van der Waals surface area contributed by atoms with Crippen LogP contribution in [0, 0.1) is 0 Å². The minimum Gasteiger partial charge on any atom is -0.482 e. The molecule has 0 fully saturated rings. The molecule has 0 aliphatic rings. The second-order valence-corrected chi connectivity index (χ2v) is 6.05. The van der Waals surface area contributed by atoms with E-state index in [1.54, 1.807) is 24.1 Å². The van der Waals surface area contributed by atoms with Gasteiger partial charge < -0.3 is 14.7 Å². The van der Waals surface area contributed by atoms with Crippen LogP contribution in [0.2, 0.25) is 0 Å². The molecule has 1 amide bonds. The van der Waals surface area contributed by atoms with Crippen LogP contribution >= 0.6 is 0 Å². The molecule has 0 aliphatic heterocycles. The van der Waals surface area contributed by atoms with Crippen molar-refractivity contribution in [3.63, 3.8) is 0 Å². The quantitative estimate of drug-likeness (QED) is 0.739. The number of fused-ring (bicyclic) bond motifs is 1. The molecule has 5 nitrogen and oxygen atoms in total. The molecule has 0 atom stereocenters.